The Morgan fingerprint density at radius 1 is 1.45 bits per heavy atom. The maximum absolute atomic E-state index is 11.4. The molecule has 20 heavy (non-hydrogen) atoms. The van der Waals surface area contributed by atoms with E-state index >= 15 is 0 Å². The van der Waals surface area contributed by atoms with E-state index in [1.54, 1.807) is 0 Å². The maximum Gasteiger partial charge on any atom is 0.347 e. The Labute approximate surface area is 125 Å². The van der Waals surface area contributed by atoms with Gasteiger partial charge in [0.05, 0.1) is 10.7 Å². The number of aromatic carboxylic acids is 1. The number of thiazole rings is 1. The number of hydrogen-bond acceptors (Lipinski definition) is 3. The maximum atomic E-state index is 11.4. The third-order valence-corrected chi connectivity index (χ3v) is 5.47. The zero-order valence-corrected chi connectivity index (χ0v) is 13.5. The first kappa shape index (κ1) is 15.5. The lowest BCUT2D eigenvalue weighted by Crippen LogP contribution is -2.13. The van der Waals surface area contributed by atoms with Gasteiger partial charge in [0.2, 0.25) is 0 Å². The summed E-state index contributed by atoms with van der Waals surface area (Å²) in [5.74, 6) is 0.905. The van der Waals surface area contributed by atoms with Gasteiger partial charge in [0, 0.05) is 5.92 Å². The average molecular weight is 295 g/mol. The van der Waals surface area contributed by atoms with Crippen LogP contribution in [0.15, 0.2) is 0 Å². The second-order valence-corrected chi connectivity index (χ2v) is 7.40. The molecule has 3 nitrogen and oxygen atoms in total. The molecule has 1 saturated carbocycles. The Kier molecular flexibility index (Phi) is 5.19. The highest BCUT2D eigenvalue weighted by molar-refractivity contribution is 7.13. The summed E-state index contributed by atoms with van der Waals surface area (Å²) in [7, 11) is 0. The molecule has 1 aliphatic rings. The Morgan fingerprint density at radius 2 is 2.20 bits per heavy atom. The first-order chi connectivity index (χ1) is 9.51. The van der Waals surface area contributed by atoms with E-state index in [0.29, 0.717) is 16.7 Å². The van der Waals surface area contributed by atoms with E-state index in [9.17, 15) is 9.90 Å². The normalized spacial score (nSPS) is 23.2. The van der Waals surface area contributed by atoms with E-state index in [4.69, 9.17) is 4.98 Å². The molecule has 1 fully saturated rings. The molecule has 2 unspecified atom stereocenters. The second-order valence-electron chi connectivity index (χ2n) is 6.37. The molecule has 0 bridgehead atoms. The number of nitrogens with zero attached hydrogens (tertiary/aromatic N) is 1. The van der Waals surface area contributed by atoms with Gasteiger partial charge in [-0.3, -0.25) is 0 Å². The molecule has 0 aliphatic heterocycles. The summed E-state index contributed by atoms with van der Waals surface area (Å²) in [6.45, 7) is 6.47. The molecular weight excluding hydrogens is 270 g/mol. The molecule has 1 N–H and O–H groups in total. The number of rotatable bonds is 5. The summed E-state index contributed by atoms with van der Waals surface area (Å²) in [5.41, 5.74) is 0.797. The minimum absolute atomic E-state index is 0.442. The van der Waals surface area contributed by atoms with Crippen molar-refractivity contribution in [2.45, 2.75) is 65.2 Å². The van der Waals surface area contributed by atoms with Crippen molar-refractivity contribution in [2.24, 2.45) is 11.8 Å². The van der Waals surface area contributed by atoms with Gasteiger partial charge >= 0.3 is 5.97 Å². The standard InChI is InChI=1S/C16H25NO2S/c1-4-11-6-5-7-12(9-11)15-17-13(8-10(2)3)14(20-15)16(18)19/h10-12H,4-9H2,1-3H3,(H,18,19). The summed E-state index contributed by atoms with van der Waals surface area (Å²) in [6.07, 6.45) is 6.93. The Hall–Kier alpha value is -0.900. The molecule has 0 spiro atoms. The topological polar surface area (TPSA) is 50.2 Å². The fourth-order valence-corrected chi connectivity index (χ4v) is 4.20. The molecule has 2 atom stereocenters. The molecule has 1 heterocycles. The highest BCUT2D eigenvalue weighted by atomic mass is 32.1. The zero-order chi connectivity index (χ0) is 14.7. The van der Waals surface area contributed by atoms with E-state index in [2.05, 4.69) is 20.8 Å². The largest absolute Gasteiger partial charge is 0.477 e. The molecule has 0 aromatic carbocycles. The molecular formula is C16H25NO2S. The smallest absolute Gasteiger partial charge is 0.347 e. The van der Waals surface area contributed by atoms with Crippen molar-refractivity contribution in [1.82, 2.24) is 4.98 Å². The minimum Gasteiger partial charge on any atom is -0.477 e. The van der Waals surface area contributed by atoms with Crippen molar-refractivity contribution in [3.8, 4) is 0 Å². The Balaban J connectivity index is 2.21. The first-order valence-corrected chi connectivity index (χ1v) is 8.55. The van der Waals surface area contributed by atoms with E-state index in [0.717, 1.165) is 23.0 Å². The van der Waals surface area contributed by atoms with Crippen molar-refractivity contribution in [1.29, 1.82) is 0 Å². The predicted octanol–water partition coefficient (Wildman–Crippen LogP) is 4.72. The first-order valence-electron chi connectivity index (χ1n) is 7.74. The quantitative estimate of drug-likeness (QED) is 0.854. The number of aromatic nitrogens is 1. The second kappa shape index (κ2) is 6.70. The Bertz CT molecular complexity index is 467. The van der Waals surface area contributed by atoms with Crippen LogP contribution in [0.5, 0.6) is 0 Å². The van der Waals surface area contributed by atoms with Gasteiger partial charge < -0.3 is 5.11 Å². The van der Waals surface area contributed by atoms with E-state index in [1.165, 1.54) is 43.4 Å². The lowest BCUT2D eigenvalue weighted by atomic mass is 9.80. The van der Waals surface area contributed by atoms with Crippen LogP contribution in [-0.2, 0) is 6.42 Å². The fraction of sp³-hybridized carbons (Fsp3) is 0.750. The lowest BCUT2D eigenvalue weighted by Gasteiger charge is -2.26. The molecule has 0 radical (unpaired) electrons. The average Bonchev–Trinajstić information content (AvgIpc) is 2.82. The monoisotopic (exact) mass is 295 g/mol. The summed E-state index contributed by atoms with van der Waals surface area (Å²) < 4.78 is 0. The summed E-state index contributed by atoms with van der Waals surface area (Å²) in [6, 6.07) is 0. The molecule has 1 aromatic rings. The van der Waals surface area contributed by atoms with Crippen LogP contribution in [0.1, 0.15) is 79.2 Å². The molecule has 0 saturated heterocycles. The number of carboxylic acid groups (broad SMARTS) is 1. The van der Waals surface area contributed by atoms with Crippen molar-refractivity contribution in [3.05, 3.63) is 15.6 Å². The van der Waals surface area contributed by atoms with Crippen molar-refractivity contribution < 1.29 is 9.90 Å². The van der Waals surface area contributed by atoms with Gasteiger partial charge in [0.25, 0.3) is 0 Å². The van der Waals surface area contributed by atoms with Crippen LogP contribution < -0.4 is 0 Å². The third-order valence-electron chi connectivity index (χ3n) is 4.22. The van der Waals surface area contributed by atoms with Crippen LogP contribution in [0.4, 0.5) is 0 Å². The highest BCUT2D eigenvalue weighted by Gasteiger charge is 2.27. The van der Waals surface area contributed by atoms with Crippen LogP contribution in [-0.4, -0.2) is 16.1 Å². The summed E-state index contributed by atoms with van der Waals surface area (Å²) >= 11 is 1.42. The van der Waals surface area contributed by atoms with Gasteiger partial charge in [-0.05, 0) is 31.1 Å². The van der Waals surface area contributed by atoms with Crippen LogP contribution in [0, 0.1) is 11.8 Å². The van der Waals surface area contributed by atoms with Crippen LogP contribution in [0.25, 0.3) is 0 Å². The molecule has 112 valence electrons. The minimum atomic E-state index is -0.813. The van der Waals surface area contributed by atoms with Crippen molar-refractivity contribution in [2.75, 3.05) is 0 Å². The van der Waals surface area contributed by atoms with Gasteiger partial charge in [0.15, 0.2) is 0 Å². The predicted molar refractivity (Wildman–Crippen MR) is 82.6 cm³/mol. The molecule has 2 rings (SSSR count). The SMILES string of the molecule is CCC1CCCC(c2nc(CC(C)C)c(C(=O)O)s2)C1. The van der Waals surface area contributed by atoms with Gasteiger partial charge in [-0.1, -0.05) is 40.0 Å². The third kappa shape index (κ3) is 3.60. The zero-order valence-electron chi connectivity index (χ0n) is 12.7. The highest BCUT2D eigenvalue weighted by Crippen LogP contribution is 2.39. The van der Waals surface area contributed by atoms with Gasteiger partial charge in [0.1, 0.15) is 4.88 Å². The molecule has 1 aliphatic carbocycles. The van der Waals surface area contributed by atoms with Crippen LogP contribution in [0.2, 0.25) is 0 Å². The van der Waals surface area contributed by atoms with Crippen LogP contribution in [0.3, 0.4) is 0 Å². The Morgan fingerprint density at radius 3 is 2.80 bits per heavy atom. The number of hydrogen-bond donors (Lipinski definition) is 1. The lowest BCUT2D eigenvalue weighted by molar-refractivity contribution is 0.0700. The number of carboxylic acids is 1. The summed E-state index contributed by atoms with van der Waals surface area (Å²) in [5, 5.41) is 10.4. The number of carbonyl (C=O) groups is 1. The van der Waals surface area contributed by atoms with E-state index in [1.807, 2.05) is 0 Å². The molecule has 0 amide bonds. The van der Waals surface area contributed by atoms with Crippen molar-refractivity contribution in [3.63, 3.8) is 0 Å². The van der Waals surface area contributed by atoms with Gasteiger partial charge in [-0.25, -0.2) is 9.78 Å². The fourth-order valence-electron chi connectivity index (χ4n) is 3.12. The van der Waals surface area contributed by atoms with Crippen molar-refractivity contribution >= 4 is 17.3 Å². The van der Waals surface area contributed by atoms with Gasteiger partial charge in [-0.2, -0.15) is 0 Å². The molecule has 1 aromatic heterocycles. The molecule has 4 heteroatoms. The van der Waals surface area contributed by atoms with Crippen LogP contribution >= 0.6 is 11.3 Å². The van der Waals surface area contributed by atoms with E-state index in [-0.39, 0.29) is 0 Å². The summed E-state index contributed by atoms with van der Waals surface area (Å²) in [4.78, 5) is 16.6. The van der Waals surface area contributed by atoms with Gasteiger partial charge in [-0.15, -0.1) is 11.3 Å². The van der Waals surface area contributed by atoms with E-state index < -0.39 is 5.97 Å².